The van der Waals surface area contributed by atoms with Gasteiger partial charge in [0, 0.05) is 36.8 Å². The Labute approximate surface area is 222 Å². The van der Waals surface area contributed by atoms with E-state index in [1.807, 2.05) is 53.1 Å². The Hall–Kier alpha value is -2.63. The molecule has 0 radical (unpaired) electrons. The van der Waals surface area contributed by atoms with E-state index in [4.69, 9.17) is 4.74 Å². The number of hydrogen-bond donors (Lipinski definition) is 0. The van der Waals surface area contributed by atoms with Crippen LogP contribution in [0.2, 0.25) is 0 Å². The number of fused-ring (bicyclic) bond motifs is 1. The normalized spacial score (nSPS) is 12.5. The van der Waals surface area contributed by atoms with Gasteiger partial charge in [0.05, 0.1) is 21.7 Å². The Morgan fingerprint density at radius 2 is 1.81 bits per heavy atom. The molecule has 0 bridgehead atoms. The minimum Gasteiger partial charge on any atom is -0.383 e. The minimum absolute atomic E-state index is 0.138. The van der Waals surface area contributed by atoms with Crippen LogP contribution in [0.15, 0.2) is 87.2 Å². The fourth-order valence-corrected chi connectivity index (χ4v) is 6.80. The lowest BCUT2D eigenvalue weighted by atomic mass is 10.2. The first-order chi connectivity index (χ1) is 17.3. The lowest BCUT2D eigenvalue weighted by Crippen LogP contribution is -2.30. The van der Waals surface area contributed by atoms with Crippen molar-refractivity contribution in [1.82, 2.24) is 8.87 Å². The Kier molecular flexibility index (Phi) is 8.53. The van der Waals surface area contributed by atoms with Crippen LogP contribution in [-0.4, -0.2) is 43.5 Å². The molecule has 4 aromatic rings. The molecular weight excluding hydrogens is 562 g/mol. The maximum atomic E-state index is 13.2. The molecule has 0 aliphatic rings. The number of ether oxygens (including phenoxy) is 1. The Bertz CT molecular complexity index is 1530. The van der Waals surface area contributed by atoms with Crippen molar-refractivity contribution in [3.05, 3.63) is 93.2 Å². The maximum absolute atomic E-state index is 13.2. The number of amides is 1. The van der Waals surface area contributed by atoms with E-state index in [1.54, 1.807) is 14.0 Å². The van der Waals surface area contributed by atoms with Gasteiger partial charge < -0.3 is 9.30 Å². The third-order valence-electron chi connectivity index (χ3n) is 5.65. The highest BCUT2D eigenvalue weighted by molar-refractivity contribution is 9.10. The number of methoxy groups -OCH3 is 1. The number of rotatable bonds is 9. The molecule has 0 fully saturated rings. The number of halogens is 1. The molecule has 1 amide bonds. The Morgan fingerprint density at radius 3 is 2.47 bits per heavy atom. The molecule has 0 aliphatic heterocycles. The SMILES string of the molecule is CCN(Cc1ccccc1)S(=O)(=O)c1ccc(C(=O)N=c2sc3cc(Br)ccc3n2CCOC)cc1. The molecule has 0 N–H and O–H groups in total. The molecule has 0 aliphatic carbocycles. The molecule has 188 valence electrons. The zero-order valence-electron chi connectivity index (χ0n) is 19.9. The first-order valence-corrected chi connectivity index (χ1v) is 14.4. The van der Waals surface area contributed by atoms with Gasteiger partial charge >= 0.3 is 0 Å². The summed E-state index contributed by atoms with van der Waals surface area (Å²) in [4.78, 5) is 18.1. The van der Waals surface area contributed by atoms with Crippen LogP contribution < -0.4 is 4.80 Å². The second-order valence-corrected chi connectivity index (χ2v) is 11.9. The van der Waals surface area contributed by atoms with Gasteiger partial charge in [0.2, 0.25) is 10.0 Å². The van der Waals surface area contributed by atoms with Crippen LogP contribution in [-0.2, 0) is 27.8 Å². The predicted octanol–water partition coefficient (Wildman–Crippen LogP) is 5.06. The lowest BCUT2D eigenvalue weighted by Gasteiger charge is -2.20. The smallest absolute Gasteiger partial charge is 0.279 e. The number of sulfonamides is 1. The largest absolute Gasteiger partial charge is 0.383 e. The molecule has 0 atom stereocenters. The van der Waals surface area contributed by atoms with E-state index >= 15 is 0 Å². The number of carbonyl (C=O) groups is 1. The topological polar surface area (TPSA) is 81.0 Å². The molecule has 1 heterocycles. The van der Waals surface area contributed by atoms with Crippen molar-refractivity contribution in [3.8, 4) is 0 Å². The highest BCUT2D eigenvalue weighted by Crippen LogP contribution is 2.23. The highest BCUT2D eigenvalue weighted by Gasteiger charge is 2.23. The maximum Gasteiger partial charge on any atom is 0.279 e. The van der Waals surface area contributed by atoms with E-state index in [0.717, 1.165) is 20.3 Å². The van der Waals surface area contributed by atoms with E-state index in [-0.39, 0.29) is 11.4 Å². The number of hydrogen-bond acceptors (Lipinski definition) is 5. The number of thiazole rings is 1. The van der Waals surface area contributed by atoms with Crippen molar-refractivity contribution >= 4 is 53.4 Å². The summed E-state index contributed by atoms with van der Waals surface area (Å²) < 4.78 is 37.0. The van der Waals surface area contributed by atoms with Gasteiger partial charge in [-0.05, 0) is 48.0 Å². The third-order valence-corrected chi connectivity index (χ3v) is 9.12. The van der Waals surface area contributed by atoms with Crippen molar-refractivity contribution < 1.29 is 17.9 Å². The van der Waals surface area contributed by atoms with Gasteiger partial charge in [-0.25, -0.2) is 8.42 Å². The van der Waals surface area contributed by atoms with Crippen LogP contribution in [0.25, 0.3) is 10.2 Å². The molecule has 4 rings (SSSR count). The summed E-state index contributed by atoms with van der Waals surface area (Å²) >= 11 is 4.90. The molecule has 3 aromatic carbocycles. The van der Waals surface area contributed by atoms with Crippen LogP contribution in [0, 0.1) is 0 Å². The van der Waals surface area contributed by atoms with Crippen molar-refractivity contribution in [1.29, 1.82) is 0 Å². The van der Waals surface area contributed by atoms with Gasteiger partial charge in [0.1, 0.15) is 0 Å². The van der Waals surface area contributed by atoms with Gasteiger partial charge in [0.15, 0.2) is 4.80 Å². The van der Waals surface area contributed by atoms with Gasteiger partial charge in [-0.3, -0.25) is 4.79 Å². The Morgan fingerprint density at radius 1 is 1.08 bits per heavy atom. The van der Waals surface area contributed by atoms with Crippen molar-refractivity contribution in [3.63, 3.8) is 0 Å². The number of carbonyl (C=O) groups excluding carboxylic acids is 1. The van der Waals surface area contributed by atoms with Crippen LogP contribution in [0.5, 0.6) is 0 Å². The first kappa shape index (κ1) is 26.4. The van der Waals surface area contributed by atoms with Crippen molar-refractivity contribution in [2.24, 2.45) is 4.99 Å². The van der Waals surface area contributed by atoms with E-state index in [2.05, 4.69) is 20.9 Å². The molecule has 36 heavy (non-hydrogen) atoms. The van der Waals surface area contributed by atoms with Crippen molar-refractivity contribution in [2.75, 3.05) is 20.3 Å². The summed E-state index contributed by atoms with van der Waals surface area (Å²) in [5.41, 5.74) is 2.19. The zero-order chi connectivity index (χ0) is 25.7. The number of benzene rings is 3. The summed E-state index contributed by atoms with van der Waals surface area (Å²) in [7, 11) is -2.09. The fourth-order valence-electron chi connectivity index (χ4n) is 3.75. The molecular formula is C26H26BrN3O4S2. The zero-order valence-corrected chi connectivity index (χ0v) is 23.1. The third kappa shape index (κ3) is 5.84. The van der Waals surface area contributed by atoms with E-state index in [1.165, 1.54) is 39.9 Å². The van der Waals surface area contributed by atoms with Crippen LogP contribution in [0.3, 0.4) is 0 Å². The van der Waals surface area contributed by atoms with Gasteiger partial charge in [-0.1, -0.05) is 64.5 Å². The van der Waals surface area contributed by atoms with E-state index < -0.39 is 15.9 Å². The molecule has 0 saturated carbocycles. The Balaban J connectivity index is 1.61. The quantitative estimate of drug-likeness (QED) is 0.274. The summed E-state index contributed by atoms with van der Waals surface area (Å²) in [5.74, 6) is -0.438. The lowest BCUT2D eigenvalue weighted by molar-refractivity contribution is 0.0997. The molecule has 1 aromatic heterocycles. The monoisotopic (exact) mass is 587 g/mol. The molecule has 0 saturated heterocycles. The number of aromatic nitrogens is 1. The van der Waals surface area contributed by atoms with E-state index in [0.29, 0.717) is 30.1 Å². The standard InChI is InChI=1S/C26H26BrN3O4S2/c1-3-29(18-19-7-5-4-6-8-19)36(32,33)22-12-9-20(10-13-22)25(31)28-26-30(15-16-34-2)23-14-11-21(27)17-24(23)35-26/h4-14,17H,3,15-16,18H2,1-2H3. The summed E-state index contributed by atoms with van der Waals surface area (Å²) in [6.07, 6.45) is 0. The molecule has 7 nitrogen and oxygen atoms in total. The van der Waals surface area contributed by atoms with Gasteiger partial charge in [-0.2, -0.15) is 9.30 Å². The highest BCUT2D eigenvalue weighted by atomic mass is 79.9. The summed E-state index contributed by atoms with van der Waals surface area (Å²) in [6, 6.07) is 21.3. The second kappa shape index (κ2) is 11.6. The second-order valence-electron chi connectivity index (χ2n) is 8.00. The minimum atomic E-state index is -3.72. The number of nitrogens with zero attached hydrogens (tertiary/aromatic N) is 3. The van der Waals surface area contributed by atoms with Gasteiger partial charge in [0.25, 0.3) is 5.91 Å². The van der Waals surface area contributed by atoms with E-state index in [9.17, 15) is 13.2 Å². The molecule has 10 heteroatoms. The van der Waals surface area contributed by atoms with Crippen LogP contribution in [0.4, 0.5) is 0 Å². The fraction of sp³-hybridized carbons (Fsp3) is 0.231. The van der Waals surface area contributed by atoms with Crippen LogP contribution in [0.1, 0.15) is 22.8 Å². The summed E-state index contributed by atoms with van der Waals surface area (Å²) in [5, 5.41) is 0. The average Bonchev–Trinajstić information content (AvgIpc) is 3.22. The average molecular weight is 589 g/mol. The first-order valence-electron chi connectivity index (χ1n) is 11.3. The van der Waals surface area contributed by atoms with Gasteiger partial charge in [-0.15, -0.1) is 0 Å². The summed E-state index contributed by atoms with van der Waals surface area (Å²) in [6.45, 7) is 3.44. The predicted molar refractivity (Wildman–Crippen MR) is 145 cm³/mol. The molecule has 0 spiro atoms. The van der Waals surface area contributed by atoms with Crippen molar-refractivity contribution in [2.45, 2.75) is 24.9 Å². The van der Waals surface area contributed by atoms with Crippen LogP contribution >= 0.6 is 27.3 Å². The molecule has 0 unspecified atom stereocenters.